The number of sulfonamides is 1. The number of hydrazone groups is 1. The van der Waals surface area contributed by atoms with E-state index in [0.717, 1.165) is 19.3 Å². The Morgan fingerprint density at radius 3 is 2.51 bits per heavy atom. The Bertz CT molecular complexity index is 1380. The maximum Gasteiger partial charge on any atom is 0.265 e. The summed E-state index contributed by atoms with van der Waals surface area (Å²) >= 11 is 0. The van der Waals surface area contributed by atoms with Gasteiger partial charge in [-0.1, -0.05) is 6.42 Å². The molecule has 1 aromatic carbocycles. The van der Waals surface area contributed by atoms with Crippen molar-refractivity contribution in [3.05, 3.63) is 41.6 Å². The van der Waals surface area contributed by atoms with Gasteiger partial charge >= 0.3 is 0 Å². The highest BCUT2D eigenvalue weighted by molar-refractivity contribution is 7.89. The van der Waals surface area contributed by atoms with Crippen molar-refractivity contribution in [2.45, 2.75) is 31.1 Å². The van der Waals surface area contributed by atoms with Gasteiger partial charge in [-0.05, 0) is 44.0 Å². The number of nitrogens with zero attached hydrogens (tertiary/aromatic N) is 7. The number of amidine groups is 1. The van der Waals surface area contributed by atoms with Crippen molar-refractivity contribution in [1.29, 1.82) is 0 Å². The molecule has 1 atom stereocenters. The molecule has 2 aromatic rings. The van der Waals surface area contributed by atoms with Crippen LogP contribution in [0.15, 0.2) is 50.3 Å². The van der Waals surface area contributed by atoms with Gasteiger partial charge in [0.15, 0.2) is 0 Å². The SMILES string of the molecule is Cc1cc(NC(=O)c2ccc(S(=O)(=O)N3CCCCC3)cc2)n(C2=NC(=O)C3C=NN(C)C3=N2)n1. The maximum absolute atomic E-state index is 12.9. The fourth-order valence-electron chi connectivity index (χ4n) is 4.16. The van der Waals surface area contributed by atoms with Crippen LogP contribution in [0.2, 0.25) is 0 Å². The van der Waals surface area contributed by atoms with Gasteiger partial charge in [0, 0.05) is 38.0 Å². The van der Waals surface area contributed by atoms with E-state index in [9.17, 15) is 18.0 Å². The minimum absolute atomic E-state index is 0.0185. The number of fused-ring (bicyclic) bond motifs is 1. The molecule has 13 heteroatoms. The van der Waals surface area contributed by atoms with E-state index in [1.807, 2.05) is 0 Å². The number of aromatic nitrogens is 2. The van der Waals surface area contributed by atoms with Gasteiger partial charge in [0.25, 0.3) is 17.8 Å². The predicted molar refractivity (Wildman–Crippen MR) is 129 cm³/mol. The van der Waals surface area contributed by atoms with E-state index in [4.69, 9.17) is 0 Å². The summed E-state index contributed by atoms with van der Waals surface area (Å²) in [7, 11) is -1.91. The van der Waals surface area contributed by atoms with Gasteiger partial charge in [-0.25, -0.2) is 8.42 Å². The summed E-state index contributed by atoms with van der Waals surface area (Å²) in [5.74, 6) is -0.802. The van der Waals surface area contributed by atoms with Crippen LogP contribution in [0.25, 0.3) is 0 Å². The molecule has 4 heterocycles. The lowest BCUT2D eigenvalue weighted by Gasteiger charge is -2.25. The van der Waals surface area contributed by atoms with E-state index in [2.05, 4.69) is 25.5 Å². The summed E-state index contributed by atoms with van der Waals surface area (Å²) in [5.41, 5.74) is 0.849. The number of carbonyl (C=O) groups excluding carboxylic acids is 2. The Labute approximate surface area is 202 Å². The van der Waals surface area contributed by atoms with Crippen LogP contribution in [0.1, 0.15) is 35.3 Å². The van der Waals surface area contributed by atoms with Crippen molar-refractivity contribution in [3.8, 4) is 0 Å². The van der Waals surface area contributed by atoms with Crippen molar-refractivity contribution >= 4 is 45.7 Å². The van der Waals surface area contributed by atoms with E-state index >= 15 is 0 Å². The molecule has 1 aromatic heterocycles. The first-order chi connectivity index (χ1) is 16.7. The molecule has 1 saturated heterocycles. The minimum atomic E-state index is -3.59. The Morgan fingerprint density at radius 2 is 1.80 bits per heavy atom. The molecule has 0 bridgehead atoms. The zero-order valence-electron chi connectivity index (χ0n) is 19.2. The average Bonchev–Trinajstić information content (AvgIpc) is 3.42. The van der Waals surface area contributed by atoms with Gasteiger partial charge in [0.2, 0.25) is 10.0 Å². The molecule has 1 unspecified atom stereocenters. The second-order valence-electron chi connectivity index (χ2n) is 8.51. The van der Waals surface area contributed by atoms with Crippen molar-refractivity contribution < 1.29 is 18.0 Å². The van der Waals surface area contributed by atoms with Crippen LogP contribution in [-0.2, 0) is 14.8 Å². The minimum Gasteiger partial charge on any atom is -0.306 e. The molecule has 1 N–H and O–H groups in total. The third-order valence-corrected chi connectivity index (χ3v) is 7.93. The van der Waals surface area contributed by atoms with Crippen LogP contribution in [0.4, 0.5) is 5.82 Å². The predicted octanol–water partition coefficient (Wildman–Crippen LogP) is 1.31. The number of benzene rings is 1. The van der Waals surface area contributed by atoms with E-state index in [1.54, 1.807) is 20.0 Å². The molecule has 12 nitrogen and oxygen atoms in total. The van der Waals surface area contributed by atoms with Crippen LogP contribution in [0.5, 0.6) is 0 Å². The molecule has 5 rings (SSSR count). The van der Waals surface area contributed by atoms with Gasteiger partial charge in [-0.2, -0.15) is 29.2 Å². The van der Waals surface area contributed by atoms with E-state index < -0.39 is 27.8 Å². The van der Waals surface area contributed by atoms with E-state index in [1.165, 1.54) is 44.5 Å². The Balaban J connectivity index is 1.36. The quantitative estimate of drug-likeness (QED) is 0.676. The second-order valence-corrected chi connectivity index (χ2v) is 10.4. The first-order valence-corrected chi connectivity index (χ1v) is 12.7. The summed E-state index contributed by atoms with van der Waals surface area (Å²) in [6.07, 6.45) is 4.20. The number of hydrogen-bond donors (Lipinski definition) is 1. The standard InChI is InChI=1S/C22H24N8O4S/c1-14-12-18(30(27-14)22-25-19-17(21(32)26-22)13-23-28(19)2)24-20(31)15-6-8-16(9-7-15)35(33,34)29-10-4-3-5-11-29/h6-9,12-13,17H,3-5,10-11H2,1-2H3,(H,24,31). The van der Waals surface area contributed by atoms with Crippen molar-refractivity contribution in [1.82, 2.24) is 19.1 Å². The van der Waals surface area contributed by atoms with Crippen molar-refractivity contribution in [2.75, 3.05) is 25.5 Å². The summed E-state index contributed by atoms with van der Waals surface area (Å²) in [6.45, 7) is 2.75. The largest absolute Gasteiger partial charge is 0.306 e. The smallest absolute Gasteiger partial charge is 0.265 e. The molecule has 0 aliphatic carbocycles. The number of anilines is 1. The van der Waals surface area contributed by atoms with Gasteiger partial charge in [-0.15, -0.1) is 0 Å². The van der Waals surface area contributed by atoms with Crippen LogP contribution < -0.4 is 5.32 Å². The molecule has 0 saturated carbocycles. The first-order valence-electron chi connectivity index (χ1n) is 11.2. The molecule has 1 fully saturated rings. The highest BCUT2D eigenvalue weighted by atomic mass is 32.2. The lowest BCUT2D eigenvalue weighted by atomic mass is 10.1. The summed E-state index contributed by atoms with van der Waals surface area (Å²) < 4.78 is 28.5. The monoisotopic (exact) mass is 496 g/mol. The Morgan fingerprint density at radius 1 is 1.09 bits per heavy atom. The lowest BCUT2D eigenvalue weighted by Crippen LogP contribution is -2.35. The average molecular weight is 497 g/mol. The number of aliphatic imine (C=N–C) groups is 2. The molecule has 182 valence electrons. The third kappa shape index (κ3) is 4.28. The number of piperidine rings is 1. The topological polar surface area (TPSA) is 142 Å². The van der Waals surface area contributed by atoms with Crippen LogP contribution in [0.3, 0.4) is 0 Å². The van der Waals surface area contributed by atoms with Gasteiger partial charge < -0.3 is 5.32 Å². The summed E-state index contributed by atoms with van der Waals surface area (Å²) in [5, 5.41) is 12.6. The van der Waals surface area contributed by atoms with E-state index in [-0.39, 0.29) is 22.2 Å². The highest BCUT2D eigenvalue weighted by Crippen LogP contribution is 2.22. The normalized spacial score (nSPS) is 20.5. The zero-order chi connectivity index (χ0) is 24.7. The molecule has 0 radical (unpaired) electrons. The number of aryl methyl sites for hydroxylation is 1. The number of amides is 2. The van der Waals surface area contributed by atoms with Crippen molar-refractivity contribution in [2.24, 2.45) is 21.0 Å². The first kappa shape index (κ1) is 23.1. The van der Waals surface area contributed by atoms with E-state index in [0.29, 0.717) is 24.6 Å². The Kier molecular flexibility index (Phi) is 5.81. The zero-order valence-corrected chi connectivity index (χ0v) is 20.1. The molecule has 2 amide bonds. The fourth-order valence-corrected chi connectivity index (χ4v) is 5.68. The van der Waals surface area contributed by atoms with Gasteiger partial charge in [0.1, 0.15) is 17.6 Å². The molecule has 0 spiro atoms. The summed E-state index contributed by atoms with van der Waals surface area (Å²) in [6, 6.07) is 7.44. The van der Waals surface area contributed by atoms with Crippen LogP contribution in [-0.4, -0.2) is 77.5 Å². The summed E-state index contributed by atoms with van der Waals surface area (Å²) in [4.78, 5) is 33.9. The molecule has 3 aliphatic heterocycles. The lowest BCUT2D eigenvalue weighted by molar-refractivity contribution is -0.118. The third-order valence-electron chi connectivity index (χ3n) is 6.02. The van der Waals surface area contributed by atoms with Crippen molar-refractivity contribution in [3.63, 3.8) is 0 Å². The number of carbonyl (C=O) groups is 2. The van der Waals surface area contributed by atoms with Crippen LogP contribution in [0, 0.1) is 12.8 Å². The van der Waals surface area contributed by atoms with Crippen LogP contribution >= 0.6 is 0 Å². The number of hydrogen-bond acceptors (Lipinski definition) is 8. The Hall–Kier alpha value is -3.71. The molecule has 3 aliphatic rings. The maximum atomic E-state index is 12.9. The number of rotatable bonds is 4. The molecule has 35 heavy (non-hydrogen) atoms. The van der Waals surface area contributed by atoms with Gasteiger partial charge in [0.05, 0.1) is 10.6 Å². The molecular weight excluding hydrogens is 472 g/mol. The highest BCUT2D eigenvalue weighted by Gasteiger charge is 2.35. The van der Waals surface area contributed by atoms with Gasteiger partial charge in [-0.3, -0.25) is 14.6 Å². The fraction of sp³-hybridized carbons (Fsp3) is 0.364. The second kappa shape index (κ2) is 8.82. The molecular formula is C22H24N8O4S. The number of nitrogens with one attached hydrogen (secondary N) is 1.